The number of para-hydroxylation sites is 1. The molecule has 6 heteroatoms. The van der Waals surface area contributed by atoms with E-state index >= 15 is 0 Å². The molecule has 2 heterocycles. The lowest BCUT2D eigenvalue weighted by Crippen LogP contribution is -2.07. The van der Waals surface area contributed by atoms with Crippen LogP contribution in [0.5, 0.6) is 5.75 Å². The summed E-state index contributed by atoms with van der Waals surface area (Å²) in [5, 5.41) is 11.0. The monoisotopic (exact) mass is 285 g/mol. The number of furan rings is 1. The largest absolute Gasteiger partial charge is 0.483 e. The lowest BCUT2D eigenvalue weighted by molar-refractivity contribution is 0.261. The summed E-state index contributed by atoms with van der Waals surface area (Å²) in [7, 11) is 1.89. The van der Waals surface area contributed by atoms with Crippen LogP contribution in [0.4, 0.5) is 0 Å². The number of benzene rings is 1. The third-order valence-electron chi connectivity index (χ3n) is 2.89. The summed E-state index contributed by atoms with van der Waals surface area (Å²) in [6.07, 6.45) is 1.56. The van der Waals surface area contributed by atoms with E-state index in [0.29, 0.717) is 17.5 Å². The highest BCUT2D eigenvalue weighted by atomic mass is 16.5. The van der Waals surface area contributed by atoms with E-state index in [1.165, 1.54) is 0 Å². The summed E-state index contributed by atoms with van der Waals surface area (Å²) in [5.74, 6) is 2.09. The molecule has 0 amide bonds. The van der Waals surface area contributed by atoms with Crippen LogP contribution in [0.15, 0.2) is 51.5 Å². The van der Waals surface area contributed by atoms with E-state index in [4.69, 9.17) is 13.6 Å². The Morgan fingerprint density at radius 2 is 2.05 bits per heavy atom. The van der Waals surface area contributed by atoms with Gasteiger partial charge in [0.25, 0.3) is 11.8 Å². The van der Waals surface area contributed by atoms with Crippen LogP contribution < -0.4 is 10.1 Å². The van der Waals surface area contributed by atoms with E-state index in [1.54, 1.807) is 18.4 Å². The lowest BCUT2D eigenvalue weighted by atomic mass is 10.2. The fourth-order valence-corrected chi connectivity index (χ4v) is 1.93. The molecule has 3 rings (SSSR count). The van der Waals surface area contributed by atoms with Crippen molar-refractivity contribution in [3.63, 3.8) is 0 Å². The zero-order valence-electron chi connectivity index (χ0n) is 11.6. The number of rotatable bonds is 6. The van der Waals surface area contributed by atoms with Crippen molar-refractivity contribution in [2.45, 2.75) is 13.2 Å². The van der Waals surface area contributed by atoms with Crippen molar-refractivity contribution >= 4 is 0 Å². The standard InChI is InChI=1S/C15H15N3O3/c1-16-9-11-5-2-3-6-12(11)20-10-14-17-18-15(21-14)13-7-4-8-19-13/h2-8,16H,9-10H2,1H3. The Morgan fingerprint density at radius 1 is 1.14 bits per heavy atom. The van der Waals surface area contributed by atoms with Crippen molar-refractivity contribution in [2.75, 3.05) is 7.05 Å². The number of nitrogens with one attached hydrogen (secondary N) is 1. The molecule has 0 aliphatic carbocycles. The number of hydrogen-bond acceptors (Lipinski definition) is 6. The molecule has 108 valence electrons. The number of nitrogens with zero attached hydrogens (tertiary/aromatic N) is 2. The van der Waals surface area contributed by atoms with Crippen LogP contribution >= 0.6 is 0 Å². The van der Waals surface area contributed by atoms with E-state index in [-0.39, 0.29) is 6.61 Å². The Morgan fingerprint density at radius 3 is 2.86 bits per heavy atom. The van der Waals surface area contributed by atoms with Gasteiger partial charge < -0.3 is 18.9 Å². The van der Waals surface area contributed by atoms with Gasteiger partial charge in [-0.15, -0.1) is 10.2 Å². The highest BCUT2D eigenvalue weighted by Crippen LogP contribution is 2.21. The summed E-state index contributed by atoms with van der Waals surface area (Å²) < 4.78 is 16.4. The van der Waals surface area contributed by atoms with Gasteiger partial charge in [-0.05, 0) is 25.2 Å². The van der Waals surface area contributed by atoms with Gasteiger partial charge in [0.1, 0.15) is 5.75 Å². The average molecular weight is 285 g/mol. The molecule has 0 aliphatic heterocycles. The molecule has 6 nitrogen and oxygen atoms in total. The van der Waals surface area contributed by atoms with E-state index in [1.807, 2.05) is 31.3 Å². The van der Waals surface area contributed by atoms with Crippen molar-refractivity contribution in [1.29, 1.82) is 0 Å². The quantitative estimate of drug-likeness (QED) is 0.750. The molecule has 3 aromatic rings. The highest BCUT2D eigenvalue weighted by molar-refractivity contribution is 5.42. The van der Waals surface area contributed by atoms with Crippen LogP contribution in [-0.4, -0.2) is 17.2 Å². The Kier molecular flexibility index (Phi) is 3.97. The molecule has 0 fully saturated rings. The summed E-state index contributed by atoms with van der Waals surface area (Å²) >= 11 is 0. The Labute approximate surface area is 121 Å². The molecule has 0 aliphatic rings. The second-order valence-electron chi connectivity index (χ2n) is 4.40. The molecule has 0 saturated carbocycles. The third-order valence-corrected chi connectivity index (χ3v) is 2.89. The molecule has 0 saturated heterocycles. The molecule has 1 aromatic carbocycles. The van der Waals surface area contributed by atoms with Crippen molar-refractivity contribution in [3.8, 4) is 17.4 Å². The Balaban J connectivity index is 1.68. The van der Waals surface area contributed by atoms with Crippen molar-refractivity contribution in [3.05, 3.63) is 54.1 Å². The minimum absolute atomic E-state index is 0.217. The predicted octanol–water partition coefficient (Wildman–Crippen LogP) is 2.63. The van der Waals surface area contributed by atoms with E-state index in [9.17, 15) is 0 Å². The SMILES string of the molecule is CNCc1ccccc1OCc1nnc(-c2ccco2)o1. The molecule has 0 spiro atoms. The van der Waals surface area contributed by atoms with Gasteiger partial charge in [-0.25, -0.2) is 0 Å². The van der Waals surface area contributed by atoms with Gasteiger partial charge in [-0.3, -0.25) is 0 Å². The van der Waals surface area contributed by atoms with Gasteiger partial charge in [0.2, 0.25) is 0 Å². The molecule has 0 bridgehead atoms. The summed E-state index contributed by atoms with van der Waals surface area (Å²) in [5.41, 5.74) is 1.07. The lowest BCUT2D eigenvalue weighted by Gasteiger charge is -2.09. The van der Waals surface area contributed by atoms with Crippen molar-refractivity contribution < 1.29 is 13.6 Å². The first-order valence-electron chi connectivity index (χ1n) is 6.58. The van der Waals surface area contributed by atoms with Gasteiger partial charge in [0.15, 0.2) is 12.4 Å². The molecule has 0 unspecified atom stereocenters. The minimum atomic E-state index is 0.217. The maximum absolute atomic E-state index is 5.74. The first-order chi connectivity index (χ1) is 10.4. The summed E-state index contributed by atoms with van der Waals surface area (Å²) in [4.78, 5) is 0. The van der Waals surface area contributed by atoms with Crippen LogP contribution in [0.2, 0.25) is 0 Å². The summed E-state index contributed by atoms with van der Waals surface area (Å²) in [6.45, 7) is 0.950. The van der Waals surface area contributed by atoms with Crippen LogP contribution in [0.25, 0.3) is 11.7 Å². The molecular weight excluding hydrogens is 270 g/mol. The van der Waals surface area contributed by atoms with E-state index in [0.717, 1.165) is 17.9 Å². The highest BCUT2D eigenvalue weighted by Gasteiger charge is 2.11. The predicted molar refractivity (Wildman–Crippen MR) is 75.5 cm³/mol. The zero-order valence-corrected chi connectivity index (χ0v) is 11.6. The van der Waals surface area contributed by atoms with E-state index < -0.39 is 0 Å². The summed E-state index contributed by atoms with van der Waals surface area (Å²) in [6, 6.07) is 11.4. The van der Waals surface area contributed by atoms with Gasteiger partial charge in [0.05, 0.1) is 6.26 Å². The molecule has 0 atom stereocenters. The molecule has 1 N–H and O–H groups in total. The van der Waals surface area contributed by atoms with Gasteiger partial charge in [-0.1, -0.05) is 18.2 Å². The van der Waals surface area contributed by atoms with Crippen LogP contribution in [0.3, 0.4) is 0 Å². The zero-order chi connectivity index (χ0) is 14.5. The second-order valence-corrected chi connectivity index (χ2v) is 4.40. The Hall–Kier alpha value is -2.60. The third kappa shape index (κ3) is 3.11. The van der Waals surface area contributed by atoms with Gasteiger partial charge in [-0.2, -0.15) is 0 Å². The number of aromatic nitrogens is 2. The average Bonchev–Trinajstić information content (AvgIpc) is 3.18. The van der Waals surface area contributed by atoms with Crippen LogP contribution in [-0.2, 0) is 13.2 Å². The number of hydrogen-bond donors (Lipinski definition) is 1. The van der Waals surface area contributed by atoms with Crippen LogP contribution in [0, 0.1) is 0 Å². The fraction of sp³-hybridized carbons (Fsp3) is 0.200. The smallest absolute Gasteiger partial charge is 0.283 e. The first-order valence-corrected chi connectivity index (χ1v) is 6.58. The number of ether oxygens (including phenoxy) is 1. The fourth-order valence-electron chi connectivity index (χ4n) is 1.93. The molecular formula is C15H15N3O3. The molecule has 21 heavy (non-hydrogen) atoms. The normalized spacial score (nSPS) is 10.7. The topological polar surface area (TPSA) is 73.3 Å². The Bertz CT molecular complexity index is 692. The molecule has 2 aromatic heterocycles. The van der Waals surface area contributed by atoms with Crippen LogP contribution in [0.1, 0.15) is 11.5 Å². The van der Waals surface area contributed by atoms with Crippen molar-refractivity contribution in [1.82, 2.24) is 15.5 Å². The van der Waals surface area contributed by atoms with Gasteiger partial charge in [0, 0.05) is 12.1 Å². The first kappa shape index (κ1) is 13.4. The maximum Gasteiger partial charge on any atom is 0.283 e. The second kappa shape index (κ2) is 6.23. The molecule has 0 radical (unpaired) electrons. The van der Waals surface area contributed by atoms with Gasteiger partial charge >= 0.3 is 0 Å². The van der Waals surface area contributed by atoms with Crippen molar-refractivity contribution in [2.24, 2.45) is 0 Å². The maximum atomic E-state index is 5.74. The minimum Gasteiger partial charge on any atom is -0.483 e. The van der Waals surface area contributed by atoms with E-state index in [2.05, 4.69) is 15.5 Å².